The van der Waals surface area contributed by atoms with Crippen LogP contribution in [-0.2, 0) is 14.4 Å². The molecule has 0 spiro atoms. The summed E-state index contributed by atoms with van der Waals surface area (Å²) >= 11 is 0. The minimum atomic E-state index is -0.224. The Morgan fingerprint density at radius 2 is 1.71 bits per heavy atom. The molecule has 0 N–H and O–H groups in total. The average molecular weight is 292 g/mol. The van der Waals surface area contributed by atoms with E-state index in [1.54, 1.807) is 0 Å². The molecule has 21 heavy (non-hydrogen) atoms. The number of rotatable bonds is 6. The number of unbranched alkanes of at least 4 members (excludes halogenated alkanes) is 2. The van der Waals surface area contributed by atoms with E-state index < -0.39 is 0 Å². The molecule has 3 amide bonds. The Balaban J connectivity index is 1.56. The highest BCUT2D eigenvalue weighted by molar-refractivity contribution is 6.12. The lowest BCUT2D eigenvalue weighted by atomic mass is 9.99. The highest BCUT2D eigenvalue weighted by Gasteiger charge is 2.22. The third kappa shape index (κ3) is 4.41. The third-order valence-electron chi connectivity index (χ3n) is 4.31. The van der Waals surface area contributed by atoms with Crippen molar-refractivity contribution in [3.05, 3.63) is 12.2 Å². The minimum absolute atomic E-state index is 0.224. The van der Waals surface area contributed by atoms with Gasteiger partial charge in [0.2, 0.25) is 5.91 Å². The number of hydrogen-bond acceptors (Lipinski definition) is 3. The van der Waals surface area contributed by atoms with Crippen LogP contribution in [0, 0.1) is 5.92 Å². The normalized spacial score (nSPS) is 19.7. The standard InChI is InChI=1S/C16H24N2O3/c1-13-8-11-17(12-9-13)14(19)5-3-2-4-10-18-15(20)6-7-16(18)21/h6-7,13H,2-5,8-12H2,1H3. The van der Waals surface area contributed by atoms with Gasteiger partial charge in [-0.25, -0.2) is 0 Å². The largest absolute Gasteiger partial charge is 0.343 e. The van der Waals surface area contributed by atoms with Gasteiger partial charge in [0.25, 0.3) is 11.8 Å². The first-order valence-electron chi connectivity index (χ1n) is 7.89. The molecule has 0 radical (unpaired) electrons. The second-order valence-corrected chi connectivity index (χ2v) is 6.04. The summed E-state index contributed by atoms with van der Waals surface area (Å²) in [5, 5.41) is 0. The van der Waals surface area contributed by atoms with Crippen molar-refractivity contribution in [3.8, 4) is 0 Å². The van der Waals surface area contributed by atoms with Crippen LogP contribution in [0.3, 0.4) is 0 Å². The molecule has 0 aliphatic carbocycles. The number of likely N-dealkylation sites (tertiary alicyclic amines) is 1. The molecule has 2 aliphatic heterocycles. The lowest BCUT2D eigenvalue weighted by molar-refractivity contribution is -0.137. The summed E-state index contributed by atoms with van der Waals surface area (Å²) < 4.78 is 0. The predicted molar refractivity (Wildman–Crippen MR) is 79.3 cm³/mol. The zero-order valence-electron chi connectivity index (χ0n) is 12.7. The first-order chi connectivity index (χ1) is 10.1. The zero-order valence-corrected chi connectivity index (χ0v) is 12.7. The number of hydrogen-bond donors (Lipinski definition) is 0. The van der Waals surface area contributed by atoms with Crippen LogP contribution in [0.15, 0.2) is 12.2 Å². The molecule has 0 aromatic carbocycles. The molecule has 5 heteroatoms. The van der Waals surface area contributed by atoms with Gasteiger partial charge < -0.3 is 4.90 Å². The van der Waals surface area contributed by atoms with Crippen molar-refractivity contribution in [2.75, 3.05) is 19.6 Å². The summed E-state index contributed by atoms with van der Waals surface area (Å²) in [5.41, 5.74) is 0. The van der Waals surface area contributed by atoms with Crippen molar-refractivity contribution in [1.29, 1.82) is 0 Å². The first kappa shape index (κ1) is 15.7. The molecule has 0 aromatic rings. The summed E-state index contributed by atoms with van der Waals surface area (Å²) in [5.74, 6) is 0.534. The van der Waals surface area contributed by atoms with Crippen molar-refractivity contribution in [1.82, 2.24) is 9.80 Å². The summed E-state index contributed by atoms with van der Waals surface area (Å²) in [7, 11) is 0. The quantitative estimate of drug-likeness (QED) is 0.553. The number of amides is 3. The Labute approximate surface area is 126 Å². The molecule has 0 saturated carbocycles. The van der Waals surface area contributed by atoms with Crippen LogP contribution in [0.2, 0.25) is 0 Å². The Kier molecular flexibility index (Phi) is 5.53. The molecule has 0 bridgehead atoms. The fourth-order valence-electron chi connectivity index (χ4n) is 2.79. The van der Waals surface area contributed by atoms with Crippen LogP contribution in [0.5, 0.6) is 0 Å². The SMILES string of the molecule is CC1CCN(C(=O)CCCCCN2C(=O)C=CC2=O)CC1. The fraction of sp³-hybridized carbons (Fsp3) is 0.688. The minimum Gasteiger partial charge on any atom is -0.343 e. The third-order valence-corrected chi connectivity index (χ3v) is 4.31. The van der Waals surface area contributed by atoms with Crippen molar-refractivity contribution in [2.45, 2.75) is 45.4 Å². The van der Waals surface area contributed by atoms with Crippen LogP contribution < -0.4 is 0 Å². The van der Waals surface area contributed by atoms with E-state index >= 15 is 0 Å². The molecular formula is C16H24N2O3. The van der Waals surface area contributed by atoms with E-state index in [-0.39, 0.29) is 17.7 Å². The molecule has 2 heterocycles. The number of piperidine rings is 1. The van der Waals surface area contributed by atoms with E-state index in [4.69, 9.17) is 0 Å². The smallest absolute Gasteiger partial charge is 0.253 e. The fourth-order valence-corrected chi connectivity index (χ4v) is 2.79. The maximum Gasteiger partial charge on any atom is 0.253 e. The molecule has 0 unspecified atom stereocenters. The molecule has 5 nitrogen and oxygen atoms in total. The Morgan fingerprint density at radius 1 is 1.10 bits per heavy atom. The van der Waals surface area contributed by atoms with Crippen LogP contribution >= 0.6 is 0 Å². The molecule has 0 aromatic heterocycles. The van der Waals surface area contributed by atoms with Gasteiger partial charge in [-0.05, 0) is 31.6 Å². The average Bonchev–Trinajstić information content (AvgIpc) is 2.79. The molecular weight excluding hydrogens is 268 g/mol. The topological polar surface area (TPSA) is 57.7 Å². The number of nitrogens with zero attached hydrogens (tertiary/aromatic N) is 2. The van der Waals surface area contributed by atoms with Crippen LogP contribution in [0.25, 0.3) is 0 Å². The lowest BCUT2D eigenvalue weighted by Crippen LogP contribution is -2.37. The highest BCUT2D eigenvalue weighted by atomic mass is 16.2. The van der Waals surface area contributed by atoms with E-state index in [9.17, 15) is 14.4 Å². The molecule has 1 fully saturated rings. The van der Waals surface area contributed by atoms with E-state index in [2.05, 4.69) is 6.92 Å². The van der Waals surface area contributed by atoms with Gasteiger partial charge in [-0.3, -0.25) is 19.3 Å². The number of imide groups is 1. The monoisotopic (exact) mass is 292 g/mol. The molecule has 1 saturated heterocycles. The summed E-state index contributed by atoms with van der Waals surface area (Å²) in [6.07, 6.45) is 7.88. The van der Waals surface area contributed by atoms with Gasteiger partial charge in [-0.1, -0.05) is 13.3 Å². The van der Waals surface area contributed by atoms with Crippen LogP contribution in [0.4, 0.5) is 0 Å². The van der Waals surface area contributed by atoms with Crippen molar-refractivity contribution >= 4 is 17.7 Å². The Bertz CT molecular complexity index is 419. The molecule has 2 rings (SSSR count). The molecule has 2 aliphatic rings. The first-order valence-corrected chi connectivity index (χ1v) is 7.89. The van der Waals surface area contributed by atoms with Gasteiger partial charge in [-0.15, -0.1) is 0 Å². The Hall–Kier alpha value is -1.65. The lowest BCUT2D eigenvalue weighted by Gasteiger charge is -2.30. The summed E-state index contributed by atoms with van der Waals surface area (Å²) in [6.45, 7) is 4.47. The molecule has 116 valence electrons. The van der Waals surface area contributed by atoms with Gasteiger partial charge in [0.15, 0.2) is 0 Å². The van der Waals surface area contributed by atoms with Gasteiger partial charge in [-0.2, -0.15) is 0 Å². The van der Waals surface area contributed by atoms with Crippen molar-refractivity contribution in [2.24, 2.45) is 5.92 Å². The number of carbonyl (C=O) groups excluding carboxylic acids is 3. The van der Waals surface area contributed by atoms with Gasteiger partial charge in [0, 0.05) is 38.2 Å². The maximum absolute atomic E-state index is 12.0. The van der Waals surface area contributed by atoms with Gasteiger partial charge in [0.05, 0.1) is 0 Å². The summed E-state index contributed by atoms with van der Waals surface area (Å²) in [4.78, 5) is 37.9. The number of carbonyl (C=O) groups is 3. The van der Waals surface area contributed by atoms with Gasteiger partial charge in [0.1, 0.15) is 0 Å². The van der Waals surface area contributed by atoms with Gasteiger partial charge >= 0.3 is 0 Å². The summed E-state index contributed by atoms with van der Waals surface area (Å²) in [6, 6.07) is 0. The van der Waals surface area contributed by atoms with Crippen LogP contribution in [-0.4, -0.2) is 47.2 Å². The van der Waals surface area contributed by atoms with E-state index in [0.29, 0.717) is 13.0 Å². The zero-order chi connectivity index (χ0) is 15.2. The van der Waals surface area contributed by atoms with Crippen molar-refractivity contribution < 1.29 is 14.4 Å². The maximum atomic E-state index is 12.0. The second kappa shape index (κ2) is 7.38. The highest BCUT2D eigenvalue weighted by Crippen LogP contribution is 2.17. The molecule has 0 atom stereocenters. The van der Waals surface area contributed by atoms with Crippen LogP contribution in [0.1, 0.15) is 45.4 Å². The Morgan fingerprint density at radius 3 is 2.33 bits per heavy atom. The van der Waals surface area contributed by atoms with E-state index in [0.717, 1.165) is 51.1 Å². The van der Waals surface area contributed by atoms with Crippen molar-refractivity contribution in [3.63, 3.8) is 0 Å². The van der Waals surface area contributed by atoms with E-state index in [1.807, 2.05) is 4.90 Å². The van der Waals surface area contributed by atoms with E-state index in [1.165, 1.54) is 17.1 Å². The second-order valence-electron chi connectivity index (χ2n) is 6.04. The predicted octanol–water partition coefficient (Wildman–Crippen LogP) is 1.73.